The summed E-state index contributed by atoms with van der Waals surface area (Å²) in [4.78, 5) is 20.3. The highest BCUT2D eigenvalue weighted by atomic mass is 127. The van der Waals surface area contributed by atoms with Gasteiger partial charge in [-0.15, -0.1) is 24.0 Å². The molecule has 0 radical (unpaired) electrons. The van der Waals surface area contributed by atoms with Gasteiger partial charge in [0.2, 0.25) is 5.91 Å². The first kappa shape index (κ1) is 23.5. The molecular formula is C19H32IN5O2. The lowest BCUT2D eigenvalue weighted by molar-refractivity contribution is -0.130. The van der Waals surface area contributed by atoms with Gasteiger partial charge in [-0.25, -0.2) is 4.99 Å². The molecule has 0 atom stereocenters. The van der Waals surface area contributed by atoms with Crippen LogP contribution in [0.2, 0.25) is 0 Å². The number of carbonyl (C=O) groups excluding carboxylic acids is 1. The molecule has 27 heavy (non-hydrogen) atoms. The number of benzene rings is 1. The fourth-order valence-corrected chi connectivity index (χ4v) is 2.90. The summed E-state index contributed by atoms with van der Waals surface area (Å²) in [5, 5.41) is 6.66. The number of rotatable bonds is 7. The fourth-order valence-electron chi connectivity index (χ4n) is 2.90. The van der Waals surface area contributed by atoms with Gasteiger partial charge in [0.1, 0.15) is 5.75 Å². The zero-order chi connectivity index (χ0) is 18.8. The zero-order valence-corrected chi connectivity index (χ0v) is 18.9. The van der Waals surface area contributed by atoms with Crippen LogP contribution in [0.1, 0.15) is 19.4 Å². The predicted molar refractivity (Wildman–Crippen MR) is 120 cm³/mol. The lowest BCUT2D eigenvalue weighted by Crippen LogP contribution is -2.50. The Morgan fingerprint density at radius 2 is 1.96 bits per heavy atom. The minimum atomic E-state index is 0. The van der Waals surface area contributed by atoms with Crippen LogP contribution < -0.4 is 15.4 Å². The standard InChI is InChI=1S/C19H31N5O2.HI/c1-4-20-19(22-15-17-6-5-7-18(14-17)26-3)21-8-9-23-10-12-24(13-11-23)16(2)25;/h5-7,14H,4,8-13,15H2,1-3H3,(H2,20,21,22);1H. The molecule has 1 aromatic carbocycles. The quantitative estimate of drug-likeness (QED) is 0.346. The topological polar surface area (TPSA) is 69.2 Å². The van der Waals surface area contributed by atoms with Gasteiger partial charge >= 0.3 is 0 Å². The minimum Gasteiger partial charge on any atom is -0.497 e. The molecule has 1 aliphatic rings. The number of nitrogens with zero attached hydrogens (tertiary/aromatic N) is 3. The number of piperazine rings is 1. The van der Waals surface area contributed by atoms with Crippen molar-refractivity contribution in [2.24, 2.45) is 4.99 Å². The van der Waals surface area contributed by atoms with Crippen molar-refractivity contribution in [1.82, 2.24) is 20.4 Å². The Balaban J connectivity index is 0.00000364. The van der Waals surface area contributed by atoms with Crippen LogP contribution in [0.25, 0.3) is 0 Å². The highest BCUT2D eigenvalue weighted by molar-refractivity contribution is 14.0. The number of nitrogens with one attached hydrogen (secondary N) is 2. The Morgan fingerprint density at radius 3 is 2.59 bits per heavy atom. The SMILES string of the molecule is CCNC(=NCc1cccc(OC)c1)NCCN1CCN(C(C)=O)CC1.I. The molecule has 1 fully saturated rings. The van der Waals surface area contributed by atoms with Gasteiger partial charge in [-0.05, 0) is 24.6 Å². The highest BCUT2D eigenvalue weighted by Crippen LogP contribution is 2.13. The molecule has 1 saturated heterocycles. The van der Waals surface area contributed by atoms with Crippen molar-refractivity contribution in [2.45, 2.75) is 20.4 Å². The first-order valence-corrected chi connectivity index (χ1v) is 9.25. The average molecular weight is 489 g/mol. The van der Waals surface area contributed by atoms with Crippen LogP contribution in [-0.4, -0.2) is 74.6 Å². The first-order valence-electron chi connectivity index (χ1n) is 9.25. The summed E-state index contributed by atoms with van der Waals surface area (Å²) >= 11 is 0. The van der Waals surface area contributed by atoms with Crippen LogP contribution in [0.15, 0.2) is 29.3 Å². The van der Waals surface area contributed by atoms with E-state index in [1.807, 2.05) is 29.2 Å². The van der Waals surface area contributed by atoms with E-state index in [9.17, 15) is 4.79 Å². The molecule has 0 spiro atoms. The Labute approximate surface area is 179 Å². The highest BCUT2D eigenvalue weighted by Gasteiger charge is 2.17. The molecule has 1 amide bonds. The van der Waals surface area contributed by atoms with Crippen molar-refractivity contribution < 1.29 is 9.53 Å². The maximum atomic E-state index is 11.4. The summed E-state index contributed by atoms with van der Waals surface area (Å²) in [5.74, 6) is 1.83. The average Bonchev–Trinajstić information content (AvgIpc) is 2.66. The summed E-state index contributed by atoms with van der Waals surface area (Å²) in [6.07, 6.45) is 0. The number of ether oxygens (including phenoxy) is 1. The van der Waals surface area contributed by atoms with Crippen LogP contribution in [0.3, 0.4) is 0 Å². The van der Waals surface area contributed by atoms with Gasteiger partial charge in [-0.3, -0.25) is 9.69 Å². The van der Waals surface area contributed by atoms with Crippen molar-refractivity contribution in [3.63, 3.8) is 0 Å². The second kappa shape index (κ2) is 12.8. The van der Waals surface area contributed by atoms with Gasteiger partial charge in [-0.2, -0.15) is 0 Å². The molecule has 1 heterocycles. The van der Waals surface area contributed by atoms with Gasteiger partial charge in [0, 0.05) is 52.7 Å². The van der Waals surface area contributed by atoms with Gasteiger partial charge in [0.05, 0.1) is 13.7 Å². The van der Waals surface area contributed by atoms with E-state index in [-0.39, 0.29) is 29.9 Å². The van der Waals surface area contributed by atoms with E-state index in [1.54, 1.807) is 14.0 Å². The molecule has 0 aromatic heterocycles. The molecule has 1 aromatic rings. The van der Waals surface area contributed by atoms with Crippen LogP contribution in [0.4, 0.5) is 0 Å². The molecule has 152 valence electrons. The van der Waals surface area contributed by atoms with Crippen LogP contribution >= 0.6 is 24.0 Å². The minimum absolute atomic E-state index is 0. The molecule has 0 bridgehead atoms. The Bertz CT molecular complexity index is 604. The molecule has 0 aliphatic carbocycles. The largest absolute Gasteiger partial charge is 0.497 e. The zero-order valence-electron chi connectivity index (χ0n) is 16.5. The van der Waals surface area contributed by atoms with Gasteiger partial charge in [0.25, 0.3) is 0 Å². The van der Waals surface area contributed by atoms with Crippen LogP contribution in [0.5, 0.6) is 5.75 Å². The van der Waals surface area contributed by atoms with Crippen molar-refractivity contribution in [2.75, 3.05) is 52.9 Å². The third-order valence-electron chi connectivity index (χ3n) is 4.44. The predicted octanol–water partition coefficient (Wildman–Crippen LogP) is 1.53. The number of amides is 1. The summed E-state index contributed by atoms with van der Waals surface area (Å²) in [6, 6.07) is 7.96. The second-order valence-electron chi connectivity index (χ2n) is 6.32. The van der Waals surface area contributed by atoms with Gasteiger partial charge in [0.15, 0.2) is 5.96 Å². The van der Waals surface area contributed by atoms with Crippen molar-refractivity contribution >= 4 is 35.8 Å². The molecule has 2 N–H and O–H groups in total. The van der Waals surface area contributed by atoms with E-state index in [4.69, 9.17) is 4.74 Å². The number of aliphatic imine (C=N–C) groups is 1. The smallest absolute Gasteiger partial charge is 0.219 e. The van der Waals surface area contributed by atoms with E-state index in [0.717, 1.165) is 63.1 Å². The van der Waals surface area contributed by atoms with E-state index >= 15 is 0 Å². The normalized spacial score (nSPS) is 15.1. The number of halogens is 1. The second-order valence-corrected chi connectivity index (χ2v) is 6.32. The van der Waals surface area contributed by atoms with Crippen LogP contribution in [-0.2, 0) is 11.3 Å². The summed E-state index contributed by atoms with van der Waals surface area (Å²) in [5.41, 5.74) is 1.11. The van der Waals surface area contributed by atoms with E-state index in [0.29, 0.717) is 6.54 Å². The molecule has 0 unspecified atom stereocenters. The van der Waals surface area contributed by atoms with Crippen LogP contribution in [0, 0.1) is 0 Å². The van der Waals surface area contributed by atoms with Gasteiger partial charge < -0.3 is 20.3 Å². The van der Waals surface area contributed by atoms with Gasteiger partial charge in [-0.1, -0.05) is 12.1 Å². The monoisotopic (exact) mass is 489 g/mol. The molecule has 8 heteroatoms. The molecular weight excluding hydrogens is 457 g/mol. The van der Waals surface area contributed by atoms with E-state index in [1.165, 1.54) is 0 Å². The van der Waals surface area contributed by atoms with Crippen molar-refractivity contribution in [1.29, 1.82) is 0 Å². The Hall–Kier alpha value is -1.55. The number of guanidine groups is 1. The molecule has 0 saturated carbocycles. The lowest BCUT2D eigenvalue weighted by Gasteiger charge is -2.34. The maximum absolute atomic E-state index is 11.4. The Kier molecular flexibility index (Phi) is 11.1. The Morgan fingerprint density at radius 1 is 1.22 bits per heavy atom. The maximum Gasteiger partial charge on any atom is 0.219 e. The van der Waals surface area contributed by atoms with E-state index < -0.39 is 0 Å². The molecule has 1 aliphatic heterocycles. The summed E-state index contributed by atoms with van der Waals surface area (Å²) in [6.45, 7) is 10.4. The first-order chi connectivity index (χ1) is 12.6. The summed E-state index contributed by atoms with van der Waals surface area (Å²) < 4.78 is 5.25. The lowest BCUT2D eigenvalue weighted by atomic mass is 10.2. The van der Waals surface area contributed by atoms with E-state index in [2.05, 4.69) is 27.4 Å². The number of hydrogen-bond donors (Lipinski definition) is 2. The fraction of sp³-hybridized carbons (Fsp3) is 0.579. The van der Waals surface area contributed by atoms with Crippen molar-refractivity contribution in [3.05, 3.63) is 29.8 Å². The summed E-state index contributed by atoms with van der Waals surface area (Å²) in [7, 11) is 1.67. The molecule has 2 rings (SSSR count). The van der Waals surface area contributed by atoms with Crippen molar-refractivity contribution in [3.8, 4) is 5.75 Å². The number of methoxy groups -OCH3 is 1. The third-order valence-corrected chi connectivity index (χ3v) is 4.44. The molecule has 7 nitrogen and oxygen atoms in total. The number of carbonyl (C=O) groups is 1. The third kappa shape index (κ3) is 8.34. The number of hydrogen-bond acceptors (Lipinski definition) is 4.